The molecular formula is C23H26N8. The minimum atomic E-state index is 0.223. The van der Waals surface area contributed by atoms with Gasteiger partial charge in [0.25, 0.3) is 0 Å². The van der Waals surface area contributed by atoms with Gasteiger partial charge in [-0.1, -0.05) is 30.3 Å². The van der Waals surface area contributed by atoms with Crippen molar-refractivity contribution in [3.63, 3.8) is 0 Å². The number of rotatable bonds is 6. The minimum absolute atomic E-state index is 0.223. The van der Waals surface area contributed by atoms with Crippen LogP contribution in [0.25, 0.3) is 0 Å². The van der Waals surface area contributed by atoms with Crippen molar-refractivity contribution < 1.29 is 0 Å². The van der Waals surface area contributed by atoms with Crippen molar-refractivity contribution in [2.75, 3.05) is 37.2 Å². The second-order valence-electron chi connectivity index (χ2n) is 7.73. The summed E-state index contributed by atoms with van der Waals surface area (Å²) in [5.41, 5.74) is 9.92. The van der Waals surface area contributed by atoms with Gasteiger partial charge in [0.05, 0.1) is 18.2 Å². The Balaban J connectivity index is 1.33. The Morgan fingerprint density at radius 2 is 1.61 bits per heavy atom. The van der Waals surface area contributed by atoms with Crippen LogP contribution in [0.5, 0.6) is 0 Å². The molecule has 158 valence electrons. The van der Waals surface area contributed by atoms with Gasteiger partial charge in [-0.3, -0.25) is 9.80 Å². The highest BCUT2D eigenvalue weighted by Crippen LogP contribution is 2.18. The Labute approximate surface area is 182 Å². The molecule has 1 aliphatic heterocycles. The van der Waals surface area contributed by atoms with Crippen molar-refractivity contribution in [2.45, 2.75) is 20.0 Å². The van der Waals surface area contributed by atoms with Gasteiger partial charge in [0.1, 0.15) is 5.82 Å². The molecule has 1 fully saturated rings. The summed E-state index contributed by atoms with van der Waals surface area (Å²) in [7, 11) is 0. The third kappa shape index (κ3) is 5.54. The van der Waals surface area contributed by atoms with Crippen molar-refractivity contribution in [2.24, 2.45) is 0 Å². The quantitative estimate of drug-likeness (QED) is 0.634. The standard InChI is InChI=1S/C23H26N8/c1-17-4-2-3-5-20(17)26-23-28-21(27-22(25)29-23)16-31-12-10-30(11-13-31)15-19-8-6-18(14-24)7-9-19/h2-9H,10-13,15-16H2,1H3,(H3,25,26,27,28,29). The van der Waals surface area contributed by atoms with Crippen LogP contribution < -0.4 is 11.1 Å². The molecule has 0 aliphatic carbocycles. The molecule has 0 atom stereocenters. The molecule has 0 radical (unpaired) electrons. The average Bonchev–Trinajstić information content (AvgIpc) is 2.77. The smallest absolute Gasteiger partial charge is 0.232 e. The number of nitrogen functional groups attached to an aromatic ring is 1. The number of nitrogens with zero attached hydrogens (tertiary/aromatic N) is 6. The number of aromatic nitrogens is 3. The summed E-state index contributed by atoms with van der Waals surface area (Å²) in [4.78, 5) is 17.9. The lowest BCUT2D eigenvalue weighted by Gasteiger charge is -2.34. The molecule has 0 spiro atoms. The number of hydrogen-bond donors (Lipinski definition) is 2. The minimum Gasteiger partial charge on any atom is -0.368 e. The maximum absolute atomic E-state index is 8.93. The van der Waals surface area contributed by atoms with Crippen LogP contribution in [0.15, 0.2) is 48.5 Å². The van der Waals surface area contributed by atoms with Gasteiger partial charge < -0.3 is 11.1 Å². The first kappa shape index (κ1) is 20.7. The van der Waals surface area contributed by atoms with Crippen molar-refractivity contribution in [1.82, 2.24) is 24.8 Å². The third-order valence-corrected chi connectivity index (χ3v) is 5.41. The van der Waals surface area contributed by atoms with Crippen LogP contribution >= 0.6 is 0 Å². The molecule has 0 amide bonds. The molecule has 2 heterocycles. The largest absolute Gasteiger partial charge is 0.368 e. The van der Waals surface area contributed by atoms with E-state index < -0.39 is 0 Å². The van der Waals surface area contributed by atoms with Crippen LogP contribution in [0.3, 0.4) is 0 Å². The second kappa shape index (κ2) is 9.51. The van der Waals surface area contributed by atoms with E-state index in [0.717, 1.165) is 44.0 Å². The zero-order valence-electron chi connectivity index (χ0n) is 17.6. The van der Waals surface area contributed by atoms with Crippen LogP contribution in [0.4, 0.5) is 17.6 Å². The molecule has 8 nitrogen and oxygen atoms in total. The zero-order chi connectivity index (χ0) is 21.6. The normalized spacial score (nSPS) is 14.8. The lowest BCUT2D eigenvalue weighted by Crippen LogP contribution is -2.45. The molecule has 2 aromatic carbocycles. The van der Waals surface area contributed by atoms with Crippen LogP contribution in [0.2, 0.25) is 0 Å². The van der Waals surface area contributed by atoms with Crippen LogP contribution in [0, 0.1) is 18.3 Å². The molecule has 0 bridgehead atoms. The summed E-state index contributed by atoms with van der Waals surface area (Å²) >= 11 is 0. The monoisotopic (exact) mass is 414 g/mol. The summed E-state index contributed by atoms with van der Waals surface area (Å²) in [5, 5.41) is 12.2. The fraction of sp³-hybridized carbons (Fsp3) is 0.304. The van der Waals surface area contributed by atoms with Gasteiger partial charge in [-0.05, 0) is 36.2 Å². The summed E-state index contributed by atoms with van der Waals surface area (Å²) in [6.45, 7) is 7.36. The number of nitrogens with one attached hydrogen (secondary N) is 1. The Morgan fingerprint density at radius 3 is 2.29 bits per heavy atom. The summed E-state index contributed by atoms with van der Waals surface area (Å²) in [6.07, 6.45) is 0. The number of nitrogens with two attached hydrogens (primary N) is 1. The Kier molecular flexibility index (Phi) is 6.36. The van der Waals surface area contributed by atoms with Crippen molar-refractivity contribution >= 4 is 17.6 Å². The fourth-order valence-corrected chi connectivity index (χ4v) is 3.65. The van der Waals surface area contributed by atoms with Gasteiger partial charge in [0.15, 0.2) is 0 Å². The number of benzene rings is 2. The summed E-state index contributed by atoms with van der Waals surface area (Å²) in [6, 6.07) is 18.0. The average molecular weight is 415 g/mol. The summed E-state index contributed by atoms with van der Waals surface area (Å²) < 4.78 is 0. The predicted octanol–water partition coefficient (Wildman–Crippen LogP) is 2.70. The zero-order valence-corrected chi connectivity index (χ0v) is 17.6. The molecule has 1 saturated heterocycles. The van der Waals surface area contributed by atoms with Crippen LogP contribution in [0.1, 0.15) is 22.5 Å². The van der Waals surface area contributed by atoms with E-state index in [1.165, 1.54) is 5.56 Å². The maximum Gasteiger partial charge on any atom is 0.232 e. The van der Waals surface area contributed by atoms with E-state index >= 15 is 0 Å². The van der Waals surface area contributed by atoms with Gasteiger partial charge >= 0.3 is 0 Å². The van der Waals surface area contributed by atoms with E-state index in [-0.39, 0.29) is 5.95 Å². The molecule has 31 heavy (non-hydrogen) atoms. The number of anilines is 3. The predicted molar refractivity (Wildman–Crippen MR) is 120 cm³/mol. The van der Waals surface area contributed by atoms with Gasteiger partial charge in [-0.15, -0.1) is 0 Å². The third-order valence-electron chi connectivity index (χ3n) is 5.41. The summed E-state index contributed by atoms with van der Waals surface area (Å²) in [5.74, 6) is 1.36. The Bertz CT molecular complexity index is 1070. The van der Waals surface area contributed by atoms with E-state index in [2.05, 4.69) is 36.1 Å². The molecule has 1 aromatic heterocycles. The number of para-hydroxylation sites is 1. The molecule has 0 saturated carbocycles. The van der Waals surface area contributed by atoms with Gasteiger partial charge in [0, 0.05) is 38.4 Å². The van der Waals surface area contributed by atoms with E-state index in [1.54, 1.807) is 0 Å². The number of hydrogen-bond acceptors (Lipinski definition) is 8. The first-order valence-corrected chi connectivity index (χ1v) is 10.4. The number of aryl methyl sites for hydroxylation is 1. The van der Waals surface area contributed by atoms with Gasteiger partial charge in [-0.2, -0.15) is 20.2 Å². The second-order valence-corrected chi connectivity index (χ2v) is 7.73. The SMILES string of the molecule is Cc1ccccc1Nc1nc(N)nc(CN2CCN(Cc3ccc(C#N)cc3)CC2)n1. The van der Waals surface area contributed by atoms with Crippen molar-refractivity contribution in [1.29, 1.82) is 5.26 Å². The number of nitriles is 1. The molecular weight excluding hydrogens is 388 g/mol. The first-order chi connectivity index (χ1) is 15.1. The molecule has 8 heteroatoms. The molecule has 3 aromatic rings. The number of piperazine rings is 1. The molecule has 3 N–H and O–H groups in total. The Morgan fingerprint density at radius 1 is 0.935 bits per heavy atom. The van der Waals surface area contributed by atoms with Crippen molar-refractivity contribution in [3.05, 3.63) is 71.0 Å². The first-order valence-electron chi connectivity index (χ1n) is 10.4. The van der Waals surface area contributed by atoms with Crippen molar-refractivity contribution in [3.8, 4) is 6.07 Å². The highest BCUT2D eigenvalue weighted by molar-refractivity contribution is 5.58. The maximum atomic E-state index is 8.93. The lowest BCUT2D eigenvalue weighted by atomic mass is 10.1. The lowest BCUT2D eigenvalue weighted by molar-refractivity contribution is 0.120. The van der Waals surface area contributed by atoms with Crippen LogP contribution in [-0.4, -0.2) is 50.9 Å². The Hall–Kier alpha value is -3.54. The molecule has 1 aliphatic rings. The van der Waals surface area contributed by atoms with E-state index in [1.807, 2.05) is 55.5 Å². The van der Waals surface area contributed by atoms with E-state index in [4.69, 9.17) is 11.0 Å². The van der Waals surface area contributed by atoms with E-state index in [0.29, 0.717) is 23.9 Å². The van der Waals surface area contributed by atoms with Crippen LogP contribution in [-0.2, 0) is 13.1 Å². The van der Waals surface area contributed by atoms with E-state index in [9.17, 15) is 0 Å². The molecule has 4 rings (SSSR count). The highest BCUT2D eigenvalue weighted by Gasteiger charge is 2.19. The topological polar surface area (TPSA) is 107 Å². The fourth-order valence-electron chi connectivity index (χ4n) is 3.65. The molecule has 0 unspecified atom stereocenters. The van der Waals surface area contributed by atoms with Gasteiger partial charge in [-0.25, -0.2) is 0 Å². The highest BCUT2D eigenvalue weighted by atomic mass is 15.3. The van der Waals surface area contributed by atoms with Gasteiger partial charge in [0.2, 0.25) is 11.9 Å².